The second kappa shape index (κ2) is 13.9. The third-order valence-corrected chi connectivity index (χ3v) is 5.14. The number of nitrogens with one attached hydrogen (secondary N) is 1. The molecule has 0 aliphatic rings. The highest BCUT2D eigenvalue weighted by Crippen LogP contribution is 2.16. The lowest BCUT2D eigenvalue weighted by Crippen LogP contribution is -2.13. The summed E-state index contributed by atoms with van der Waals surface area (Å²) in [7, 11) is 0. The number of aromatic nitrogens is 2. The molecule has 25 heavy (non-hydrogen) atoms. The zero-order valence-electron chi connectivity index (χ0n) is 15.4. The molecule has 0 atom stereocenters. The third kappa shape index (κ3) is 11.0. The molecule has 1 aromatic heterocycles. The van der Waals surface area contributed by atoms with Crippen LogP contribution in [-0.4, -0.2) is 26.8 Å². The van der Waals surface area contributed by atoms with Gasteiger partial charge in [0.2, 0.25) is 0 Å². The van der Waals surface area contributed by atoms with Crippen LogP contribution >= 0.6 is 11.8 Å². The van der Waals surface area contributed by atoms with E-state index in [0.717, 1.165) is 18.2 Å². The summed E-state index contributed by atoms with van der Waals surface area (Å²) in [4.78, 5) is 28.8. The summed E-state index contributed by atoms with van der Waals surface area (Å²) in [5.74, 6) is -0.318. The molecular formula is C19H32N2O3S. The summed E-state index contributed by atoms with van der Waals surface area (Å²) in [6.07, 6.45) is 15.7. The molecule has 2 N–H and O–H groups in total. The minimum absolute atomic E-state index is 0.194. The van der Waals surface area contributed by atoms with Gasteiger partial charge in [-0.05, 0) is 6.42 Å². The Morgan fingerprint density at radius 3 is 2.04 bits per heavy atom. The highest BCUT2D eigenvalue weighted by molar-refractivity contribution is 7.99. The van der Waals surface area contributed by atoms with Crippen molar-refractivity contribution in [3.8, 4) is 0 Å². The first kappa shape index (κ1) is 21.7. The zero-order valence-corrected chi connectivity index (χ0v) is 16.2. The normalized spacial score (nSPS) is 10.9. The van der Waals surface area contributed by atoms with Gasteiger partial charge in [0.25, 0.3) is 5.56 Å². The molecule has 0 aliphatic carbocycles. The quantitative estimate of drug-likeness (QED) is 0.251. The SMILES string of the molecule is CCCCCCCCCCCCCCSc1nc(C(=O)O)cc(=O)[nH]1. The number of hydrogen-bond donors (Lipinski definition) is 2. The van der Waals surface area contributed by atoms with Crippen LogP contribution in [0.3, 0.4) is 0 Å². The lowest BCUT2D eigenvalue weighted by atomic mass is 10.1. The van der Waals surface area contributed by atoms with E-state index in [2.05, 4.69) is 16.9 Å². The molecule has 0 bridgehead atoms. The van der Waals surface area contributed by atoms with Crippen molar-refractivity contribution in [3.05, 3.63) is 22.1 Å². The molecule has 1 aromatic rings. The second-order valence-electron chi connectivity index (χ2n) is 6.48. The van der Waals surface area contributed by atoms with Crippen molar-refractivity contribution in [2.24, 2.45) is 0 Å². The molecule has 0 amide bonds. The van der Waals surface area contributed by atoms with Crippen molar-refractivity contribution >= 4 is 17.7 Å². The van der Waals surface area contributed by atoms with E-state index < -0.39 is 11.5 Å². The Hall–Kier alpha value is -1.30. The van der Waals surface area contributed by atoms with Gasteiger partial charge in [-0.1, -0.05) is 89.3 Å². The van der Waals surface area contributed by atoms with E-state index in [-0.39, 0.29) is 5.69 Å². The Kier molecular flexibility index (Phi) is 12.1. The lowest BCUT2D eigenvalue weighted by Gasteiger charge is -2.03. The summed E-state index contributed by atoms with van der Waals surface area (Å²) in [5.41, 5.74) is -0.606. The molecule has 0 radical (unpaired) electrons. The summed E-state index contributed by atoms with van der Waals surface area (Å²) < 4.78 is 0. The van der Waals surface area contributed by atoms with E-state index in [0.29, 0.717) is 5.16 Å². The Morgan fingerprint density at radius 1 is 1.00 bits per heavy atom. The summed E-state index contributed by atoms with van der Waals surface area (Å²) in [6.45, 7) is 2.25. The number of thioether (sulfide) groups is 1. The maximum absolute atomic E-state index is 11.4. The van der Waals surface area contributed by atoms with Gasteiger partial charge in [-0.25, -0.2) is 9.78 Å². The van der Waals surface area contributed by atoms with Gasteiger partial charge >= 0.3 is 5.97 Å². The minimum atomic E-state index is -1.17. The largest absolute Gasteiger partial charge is 0.477 e. The number of carboxylic acids is 1. The molecule has 6 heteroatoms. The van der Waals surface area contributed by atoms with Crippen LogP contribution < -0.4 is 5.56 Å². The van der Waals surface area contributed by atoms with E-state index in [1.54, 1.807) is 0 Å². The third-order valence-electron chi connectivity index (χ3n) is 4.18. The Labute approximate surface area is 155 Å². The molecule has 0 saturated heterocycles. The fraction of sp³-hybridized carbons (Fsp3) is 0.737. The van der Waals surface area contributed by atoms with Crippen molar-refractivity contribution in [2.75, 3.05) is 5.75 Å². The fourth-order valence-corrected chi connectivity index (χ4v) is 3.60. The maximum atomic E-state index is 11.4. The lowest BCUT2D eigenvalue weighted by molar-refractivity contribution is 0.0689. The molecule has 0 saturated carbocycles. The second-order valence-corrected chi connectivity index (χ2v) is 7.56. The van der Waals surface area contributed by atoms with Gasteiger partial charge in [0.15, 0.2) is 10.9 Å². The van der Waals surface area contributed by atoms with Gasteiger partial charge in [0, 0.05) is 11.8 Å². The van der Waals surface area contributed by atoms with Crippen molar-refractivity contribution in [3.63, 3.8) is 0 Å². The molecule has 1 rings (SSSR count). The first-order valence-electron chi connectivity index (χ1n) is 9.61. The van der Waals surface area contributed by atoms with Crippen LogP contribution in [0.25, 0.3) is 0 Å². The predicted octanol–water partition coefficient (Wildman–Crippen LogP) is 5.26. The molecule has 142 valence electrons. The van der Waals surface area contributed by atoms with Gasteiger partial charge in [0.05, 0.1) is 0 Å². The number of unbranched alkanes of at least 4 members (excludes halogenated alkanes) is 11. The number of carboxylic acid groups (broad SMARTS) is 1. The average molecular weight is 369 g/mol. The number of aromatic amines is 1. The van der Waals surface area contributed by atoms with E-state index in [1.807, 2.05) is 0 Å². The minimum Gasteiger partial charge on any atom is -0.477 e. The highest BCUT2D eigenvalue weighted by atomic mass is 32.2. The predicted molar refractivity (Wildman–Crippen MR) is 104 cm³/mol. The molecule has 5 nitrogen and oxygen atoms in total. The molecule has 0 aromatic carbocycles. The smallest absolute Gasteiger partial charge is 0.354 e. The van der Waals surface area contributed by atoms with Crippen LogP contribution in [0.15, 0.2) is 16.0 Å². The van der Waals surface area contributed by atoms with Crippen LogP contribution in [0, 0.1) is 0 Å². The first-order chi connectivity index (χ1) is 12.1. The molecule has 1 heterocycles. The maximum Gasteiger partial charge on any atom is 0.354 e. The van der Waals surface area contributed by atoms with E-state index in [1.165, 1.54) is 82.4 Å². The van der Waals surface area contributed by atoms with E-state index in [4.69, 9.17) is 5.11 Å². The van der Waals surface area contributed by atoms with Gasteiger partial charge in [-0.15, -0.1) is 0 Å². The van der Waals surface area contributed by atoms with Gasteiger partial charge < -0.3 is 10.1 Å². The zero-order chi connectivity index (χ0) is 18.3. The number of nitrogens with zero attached hydrogens (tertiary/aromatic N) is 1. The first-order valence-corrected chi connectivity index (χ1v) is 10.6. The standard InChI is InChI=1S/C19H32N2O3S/c1-2-3-4-5-6-7-8-9-10-11-12-13-14-25-19-20-16(18(23)24)15-17(22)21-19/h15H,2-14H2,1H3,(H,23,24)(H,20,21,22). The van der Waals surface area contributed by atoms with Gasteiger partial charge in [0.1, 0.15) is 0 Å². The highest BCUT2D eigenvalue weighted by Gasteiger charge is 2.08. The number of carbonyl (C=O) groups is 1. The van der Waals surface area contributed by atoms with Crippen molar-refractivity contribution < 1.29 is 9.90 Å². The van der Waals surface area contributed by atoms with Crippen LogP contribution in [0.1, 0.15) is 94.5 Å². The van der Waals surface area contributed by atoms with Crippen molar-refractivity contribution in [1.29, 1.82) is 0 Å². The van der Waals surface area contributed by atoms with Crippen LogP contribution in [0.5, 0.6) is 0 Å². The van der Waals surface area contributed by atoms with Crippen LogP contribution in [0.4, 0.5) is 0 Å². The van der Waals surface area contributed by atoms with E-state index >= 15 is 0 Å². The van der Waals surface area contributed by atoms with Crippen LogP contribution in [-0.2, 0) is 0 Å². The molecule has 0 fully saturated rings. The summed E-state index contributed by atoms with van der Waals surface area (Å²) in [5, 5.41) is 9.29. The number of hydrogen-bond acceptors (Lipinski definition) is 4. The molecule has 0 aliphatic heterocycles. The number of aromatic carboxylic acids is 1. The molecule has 0 unspecified atom stereocenters. The molecular weight excluding hydrogens is 336 g/mol. The Morgan fingerprint density at radius 2 is 1.52 bits per heavy atom. The summed E-state index contributed by atoms with van der Waals surface area (Å²) >= 11 is 1.42. The van der Waals surface area contributed by atoms with Gasteiger partial charge in [-0.3, -0.25) is 4.79 Å². The summed E-state index contributed by atoms with van der Waals surface area (Å²) in [6, 6.07) is 1.01. The topological polar surface area (TPSA) is 83.0 Å². The number of rotatable bonds is 15. The van der Waals surface area contributed by atoms with Crippen molar-refractivity contribution in [2.45, 2.75) is 89.1 Å². The van der Waals surface area contributed by atoms with Crippen molar-refractivity contribution in [1.82, 2.24) is 9.97 Å². The Balaban J connectivity index is 1.99. The number of H-pyrrole nitrogens is 1. The fourth-order valence-electron chi connectivity index (χ4n) is 2.73. The van der Waals surface area contributed by atoms with Crippen LogP contribution in [0.2, 0.25) is 0 Å². The monoisotopic (exact) mass is 368 g/mol. The average Bonchev–Trinajstić information content (AvgIpc) is 2.58. The van der Waals surface area contributed by atoms with Gasteiger partial charge in [-0.2, -0.15) is 0 Å². The molecule has 0 spiro atoms. The Bertz CT molecular complexity index is 546. The van der Waals surface area contributed by atoms with E-state index in [9.17, 15) is 9.59 Å².